The van der Waals surface area contributed by atoms with E-state index in [2.05, 4.69) is 36.8 Å². The quantitative estimate of drug-likeness (QED) is 0.746. The number of rotatable bonds is 6. The standard InChI is InChI=1S/C11H12Br2NO/c12-5-7-14(8-6-13)11-3-1-10(9-15)2-4-11/h1-4H,5-8H2. The lowest BCUT2D eigenvalue weighted by molar-refractivity contribution is 0.563. The Balaban J connectivity index is 2.76. The average molecular weight is 334 g/mol. The third-order valence-corrected chi connectivity index (χ3v) is 2.77. The van der Waals surface area contributed by atoms with Crippen molar-refractivity contribution in [3.63, 3.8) is 0 Å². The zero-order valence-electron chi connectivity index (χ0n) is 8.25. The van der Waals surface area contributed by atoms with Gasteiger partial charge in [0.1, 0.15) is 0 Å². The number of hydrogen-bond acceptors (Lipinski definition) is 2. The second kappa shape index (κ2) is 7.01. The van der Waals surface area contributed by atoms with Crippen molar-refractivity contribution in [3.8, 4) is 0 Å². The fraction of sp³-hybridized carbons (Fsp3) is 0.364. The third-order valence-electron chi connectivity index (χ3n) is 2.06. The maximum atomic E-state index is 10.4. The summed E-state index contributed by atoms with van der Waals surface area (Å²) in [6, 6.07) is 7.48. The molecule has 0 aliphatic carbocycles. The van der Waals surface area contributed by atoms with Gasteiger partial charge in [-0.05, 0) is 24.3 Å². The molecule has 0 heterocycles. The van der Waals surface area contributed by atoms with E-state index in [0.717, 1.165) is 29.4 Å². The third kappa shape index (κ3) is 3.95. The monoisotopic (exact) mass is 332 g/mol. The largest absolute Gasteiger partial charge is 0.370 e. The van der Waals surface area contributed by atoms with Crippen LogP contribution in [0.25, 0.3) is 0 Å². The highest BCUT2D eigenvalue weighted by atomic mass is 79.9. The van der Waals surface area contributed by atoms with Crippen LogP contribution in [-0.2, 0) is 4.79 Å². The molecule has 1 aromatic rings. The van der Waals surface area contributed by atoms with Crippen molar-refractivity contribution in [2.75, 3.05) is 28.6 Å². The first-order valence-corrected chi connectivity index (χ1v) is 6.91. The molecule has 1 aromatic carbocycles. The van der Waals surface area contributed by atoms with Gasteiger partial charge in [-0.3, -0.25) is 4.79 Å². The first-order valence-electron chi connectivity index (χ1n) is 4.67. The molecule has 4 heteroatoms. The molecular formula is C11H12Br2NO. The van der Waals surface area contributed by atoms with Crippen LogP contribution in [0.1, 0.15) is 5.56 Å². The fourth-order valence-electron chi connectivity index (χ4n) is 1.31. The number of halogens is 2. The summed E-state index contributed by atoms with van der Waals surface area (Å²) in [7, 11) is 0. The molecule has 0 saturated carbocycles. The second-order valence-corrected chi connectivity index (χ2v) is 4.60. The molecule has 81 valence electrons. The lowest BCUT2D eigenvalue weighted by Gasteiger charge is -2.22. The van der Waals surface area contributed by atoms with Crippen LogP contribution in [0, 0.1) is 0 Å². The Morgan fingerprint density at radius 3 is 2.00 bits per heavy atom. The molecule has 0 aliphatic rings. The maximum absolute atomic E-state index is 10.4. The summed E-state index contributed by atoms with van der Waals surface area (Å²) in [6.45, 7) is 1.91. The van der Waals surface area contributed by atoms with E-state index in [1.54, 1.807) is 12.1 Å². The zero-order chi connectivity index (χ0) is 11.1. The molecule has 0 aromatic heterocycles. The van der Waals surface area contributed by atoms with Gasteiger partial charge in [0.25, 0.3) is 0 Å². The minimum Gasteiger partial charge on any atom is -0.370 e. The summed E-state index contributed by atoms with van der Waals surface area (Å²) >= 11 is 6.85. The summed E-state index contributed by atoms with van der Waals surface area (Å²) in [5.41, 5.74) is 1.73. The number of carbonyl (C=O) groups excluding carboxylic acids is 1. The normalized spacial score (nSPS) is 10.0. The van der Waals surface area contributed by atoms with E-state index in [0.29, 0.717) is 5.56 Å². The first-order chi connectivity index (χ1) is 7.31. The van der Waals surface area contributed by atoms with Gasteiger partial charge in [0.2, 0.25) is 6.29 Å². The van der Waals surface area contributed by atoms with Crippen molar-refractivity contribution in [1.82, 2.24) is 0 Å². The van der Waals surface area contributed by atoms with Crippen LogP contribution in [-0.4, -0.2) is 30.0 Å². The highest BCUT2D eigenvalue weighted by Gasteiger charge is 2.04. The Morgan fingerprint density at radius 1 is 1.07 bits per heavy atom. The predicted molar refractivity (Wildman–Crippen MR) is 71.0 cm³/mol. The van der Waals surface area contributed by atoms with Gasteiger partial charge in [-0.1, -0.05) is 31.9 Å². The van der Waals surface area contributed by atoms with Crippen LogP contribution < -0.4 is 4.90 Å². The molecular weight excluding hydrogens is 322 g/mol. The van der Waals surface area contributed by atoms with E-state index >= 15 is 0 Å². The Morgan fingerprint density at radius 2 is 1.60 bits per heavy atom. The maximum Gasteiger partial charge on any atom is 0.233 e. The number of alkyl halides is 2. The molecule has 2 nitrogen and oxygen atoms in total. The topological polar surface area (TPSA) is 20.3 Å². The van der Waals surface area contributed by atoms with Crippen molar-refractivity contribution in [3.05, 3.63) is 29.8 Å². The average Bonchev–Trinajstić information content (AvgIpc) is 2.29. The number of benzene rings is 1. The molecule has 15 heavy (non-hydrogen) atoms. The second-order valence-electron chi connectivity index (χ2n) is 3.01. The molecule has 1 rings (SSSR count). The van der Waals surface area contributed by atoms with Crippen molar-refractivity contribution in [2.24, 2.45) is 0 Å². The molecule has 0 aliphatic heterocycles. The summed E-state index contributed by atoms with van der Waals surface area (Å²) in [4.78, 5) is 12.6. The van der Waals surface area contributed by atoms with Crippen molar-refractivity contribution >= 4 is 43.8 Å². The van der Waals surface area contributed by atoms with Crippen molar-refractivity contribution in [2.45, 2.75) is 0 Å². The Kier molecular flexibility index (Phi) is 5.95. The van der Waals surface area contributed by atoms with E-state index in [1.165, 1.54) is 0 Å². The molecule has 0 amide bonds. The highest BCUT2D eigenvalue weighted by Crippen LogP contribution is 2.15. The summed E-state index contributed by atoms with van der Waals surface area (Å²) in [5.74, 6) is 0. The molecule has 0 bridgehead atoms. The molecule has 0 N–H and O–H groups in total. The lowest BCUT2D eigenvalue weighted by Crippen LogP contribution is -2.27. The van der Waals surface area contributed by atoms with Crippen LogP contribution in [0.2, 0.25) is 0 Å². The van der Waals surface area contributed by atoms with Gasteiger partial charge in [0, 0.05) is 35.0 Å². The molecule has 0 fully saturated rings. The van der Waals surface area contributed by atoms with Gasteiger partial charge in [-0.15, -0.1) is 0 Å². The van der Waals surface area contributed by atoms with E-state index in [9.17, 15) is 4.79 Å². The van der Waals surface area contributed by atoms with Gasteiger partial charge in [0.05, 0.1) is 0 Å². The molecule has 1 radical (unpaired) electrons. The predicted octanol–water partition coefficient (Wildman–Crippen LogP) is 2.74. The van der Waals surface area contributed by atoms with Gasteiger partial charge in [0.15, 0.2) is 0 Å². The highest BCUT2D eigenvalue weighted by molar-refractivity contribution is 9.09. The molecule has 0 atom stereocenters. The SMILES string of the molecule is O=[C]c1ccc(N(CCBr)CCBr)cc1. The minimum atomic E-state index is 0.594. The summed E-state index contributed by atoms with van der Waals surface area (Å²) in [6.07, 6.45) is 1.87. The van der Waals surface area contributed by atoms with E-state index in [4.69, 9.17) is 0 Å². The Hall–Kier alpha value is -0.350. The van der Waals surface area contributed by atoms with Crippen molar-refractivity contribution in [1.29, 1.82) is 0 Å². The minimum absolute atomic E-state index is 0.594. The van der Waals surface area contributed by atoms with Crippen LogP contribution in [0.15, 0.2) is 24.3 Å². The van der Waals surface area contributed by atoms with Crippen LogP contribution in [0.5, 0.6) is 0 Å². The zero-order valence-corrected chi connectivity index (χ0v) is 11.4. The van der Waals surface area contributed by atoms with E-state index in [1.807, 2.05) is 18.4 Å². The summed E-state index contributed by atoms with van der Waals surface area (Å²) < 4.78 is 0. The van der Waals surface area contributed by atoms with Gasteiger partial charge < -0.3 is 4.90 Å². The van der Waals surface area contributed by atoms with Crippen LogP contribution in [0.3, 0.4) is 0 Å². The molecule has 0 spiro atoms. The van der Waals surface area contributed by atoms with Gasteiger partial charge >= 0.3 is 0 Å². The van der Waals surface area contributed by atoms with E-state index < -0.39 is 0 Å². The first kappa shape index (κ1) is 12.7. The number of hydrogen-bond donors (Lipinski definition) is 0. The van der Waals surface area contributed by atoms with Crippen LogP contribution in [0.4, 0.5) is 5.69 Å². The van der Waals surface area contributed by atoms with E-state index in [-0.39, 0.29) is 0 Å². The smallest absolute Gasteiger partial charge is 0.233 e. The van der Waals surface area contributed by atoms with Gasteiger partial charge in [-0.25, -0.2) is 0 Å². The summed E-state index contributed by atoms with van der Waals surface area (Å²) in [5, 5.41) is 1.86. The lowest BCUT2D eigenvalue weighted by atomic mass is 10.2. The van der Waals surface area contributed by atoms with Crippen molar-refractivity contribution < 1.29 is 4.79 Å². The van der Waals surface area contributed by atoms with Gasteiger partial charge in [-0.2, -0.15) is 0 Å². The number of anilines is 1. The Bertz CT molecular complexity index is 294. The van der Waals surface area contributed by atoms with Crippen LogP contribution >= 0.6 is 31.9 Å². The fourth-order valence-corrected chi connectivity index (χ4v) is 2.17. The Labute approximate surface area is 107 Å². The molecule has 0 saturated heterocycles. The molecule has 0 unspecified atom stereocenters. The number of nitrogens with zero attached hydrogens (tertiary/aromatic N) is 1.